The molecule has 0 spiro atoms. The van der Waals surface area contributed by atoms with Crippen LogP contribution in [0.4, 0.5) is 0 Å². The third-order valence-corrected chi connectivity index (χ3v) is 5.25. The van der Waals surface area contributed by atoms with Crippen molar-refractivity contribution in [1.29, 1.82) is 0 Å². The molecule has 0 aliphatic heterocycles. The van der Waals surface area contributed by atoms with Gasteiger partial charge in [0, 0.05) is 24.2 Å². The first kappa shape index (κ1) is 18.2. The quantitative estimate of drug-likeness (QED) is 0.745. The van der Waals surface area contributed by atoms with Crippen molar-refractivity contribution in [2.24, 2.45) is 0 Å². The first-order valence-corrected chi connectivity index (χ1v) is 9.37. The summed E-state index contributed by atoms with van der Waals surface area (Å²) in [5, 5.41) is 0. The van der Waals surface area contributed by atoms with Crippen LogP contribution in [0.25, 0.3) is 16.8 Å². The van der Waals surface area contributed by atoms with Crippen molar-refractivity contribution in [2.75, 3.05) is 0 Å². The maximum atomic E-state index is 12.3. The number of rotatable bonds is 2. The van der Waals surface area contributed by atoms with Crippen LogP contribution in [0.15, 0.2) is 58.3 Å². The molecular weight excluding hydrogens is 352 g/mol. The Labute approximate surface area is 162 Å². The molecule has 0 unspecified atom stereocenters. The fourth-order valence-electron chi connectivity index (χ4n) is 3.61. The number of ketones is 1. The molecule has 0 saturated heterocycles. The van der Waals surface area contributed by atoms with E-state index in [1.54, 1.807) is 0 Å². The number of aromatic nitrogens is 2. The van der Waals surface area contributed by atoms with Crippen LogP contribution in [0.3, 0.4) is 0 Å². The first-order valence-electron chi connectivity index (χ1n) is 9.37. The summed E-state index contributed by atoms with van der Waals surface area (Å²) in [4.78, 5) is 38.0. The first-order chi connectivity index (χ1) is 13.2. The lowest BCUT2D eigenvalue weighted by Gasteiger charge is -2.22. The number of hydrogen-bond acceptors (Lipinski definition) is 3. The molecule has 1 aromatic heterocycles. The number of carbonyl (C=O) groups excluding carboxylic acids is 1. The van der Waals surface area contributed by atoms with Gasteiger partial charge in [0.15, 0.2) is 5.78 Å². The van der Waals surface area contributed by atoms with Crippen LogP contribution in [0.2, 0.25) is 0 Å². The van der Waals surface area contributed by atoms with Gasteiger partial charge in [-0.05, 0) is 46.2 Å². The van der Waals surface area contributed by atoms with Crippen molar-refractivity contribution in [3.63, 3.8) is 0 Å². The molecule has 3 aromatic rings. The summed E-state index contributed by atoms with van der Waals surface area (Å²) in [6.45, 7) is 6.35. The van der Waals surface area contributed by atoms with Gasteiger partial charge < -0.3 is 0 Å². The lowest BCUT2D eigenvalue weighted by molar-refractivity contribution is 0.0994. The molecule has 0 fully saturated rings. The van der Waals surface area contributed by atoms with E-state index in [1.807, 2.05) is 24.3 Å². The Kier molecular flexibility index (Phi) is 4.18. The van der Waals surface area contributed by atoms with Crippen LogP contribution in [-0.2, 0) is 11.8 Å². The second-order valence-corrected chi connectivity index (χ2v) is 8.29. The summed E-state index contributed by atoms with van der Waals surface area (Å²) in [6.07, 6.45) is 2.83. The van der Waals surface area contributed by atoms with Gasteiger partial charge in [-0.3, -0.25) is 19.1 Å². The number of aromatic amines is 1. The fourth-order valence-corrected chi connectivity index (χ4v) is 3.61. The second kappa shape index (κ2) is 6.44. The van der Waals surface area contributed by atoms with Crippen molar-refractivity contribution in [2.45, 2.75) is 39.0 Å². The van der Waals surface area contributed by atoms with Gasteiger partial charge in [-0.1, -0.05) is 45.0 Å². The summed E-state index contributed by atoms with van der Waals surface area (Å²) in [5.74, 6) is 0.200. The highest BCUT2D eigenvalue weighted by Crippen LogP contribution is 2.33. The number of fused-ring (bicyclic) bond motifs is 1. The normalized spacial score (nSPS) is 13.6. The van der Waals surface area contributed by atoms with Crippen LogP contribution in [-0.4, -0.2) is 15.3 Å². The van der Waals surface area contributed by atoms with E-state index in [1.165, 1.54) is 16.8 Å². The van der Waals surface area contributed by atoms with E-state index in [0.29, 0.717) is 12.1 Å². The molecule has 1 aliphatic carbocycles. The SMILES string of the molecule is CC(C)(C)c1cc(-c2ccc3c(c2)CCC3=O)cc(-n2ccc(=O)[nH]c2=O)c1. The van der Waals surface area contributed by atoms with Gasteiger partial charge >= 0.3 is 5.69 Å². The molecule has 0 amide bonds. The van der Waals surface area contributed by atoms with Crippen molar-refractivity contribution < 1.29 is 4.79 Å². The third-order valence-electron chi connectivity index (χ3n) is 5.25. The number of nitrogens with zero attached hydrogens (tertiary/aromatic N) is 1. The van der Waals surface area contributed by atoms with E-state index < -0.39 is 11.2 Å². The maximum Gasteiger partial charge on any atom is 0.332 e. The smallest absolute Gasteiger partial charge is 0.294 e. The standard InChI is InChI=1S/C23H22N2O3/c1-23(2,3)17-11-16(14-4-6-19-15(10-14)5-7-20(19)26)12-18(13-17)25-9-8-21(27)24-22(25)28/h4,6,8-13H,5,7H2,1-3H3,(H,24,27,28). The van der Waals surface area contributed by atoms with Crippen LogP contribution in [0.5, 0.6) is 0 Å². The van der Waals surface area contributed by atoms with E-state index in [4.69, 9.17) is 0 Å². The Morgan fingerprint density at radius 1 is 0.893 bits per heavy atom. The van der Waals surface area contributed by atoms with Gasteiger partial charge in [0.25, 0.3) is 5.56 Å². The van der Waals surface area contributed by atoms with Gasteiger partial charge in [0.1, 0.15) is 0 Å². The van der Waals surface area contributed by atoms with Crippen LogP contribution >= 0.6 is 0 Å². The number of hydrogen-bond donors (Lipinski definition) is 1. The molecule has 5 nitrogen and oxygen atoms in total. The molecular formula is C23H22N2O3. The van der Waals surface area contributed by atoms with Gasteiger partial charge in [0.05, 0.1) is 5.69 Å². The lowest BCUT2D eigenvalue weighted by atomic mass is 9.84. The Balaban J connectivity index is 1.92. The van der Waals surface area contributed by atoms with Gasteiger partial charge in [-0.2, -0.15) is 0 Å². The Bertz CT molecular complexity index is 1210. The summed E-state index contributed by atoms with van der Waals surface area (Å²) in [6, 6.07) is 13.3. The second-order valence-electron chi connectivity index (χ2n) is 8.29. The van der Waals surface area contributed by atoms with Crippen LogP contribution in [0.1, 0.15) is 48.7 Å². The summed E-state index contributed by atoms with van der Waals surface area (Å²) < 4.78 is 1.44. The molecule has 142 valence electrons. The molecule has 1 heterocycles. The number of Topliss-reactive ketones (excluding diaryl/α,β-unsaturated/α-hetero) is 1. The number of H-pyrrole nitrogens is 1. The molecule has 28 heavy (non-hydrogen) atoms. The molecule has 0 saturated carbocycles. The highest BCUT2D eigenvalue weighted by molar-refractivity contribution is 6.01. The highest BCUT2D eigenvalue weighted by atomic mass is 16.2. The van der Waals surface area contributed by atoms with Crippen LogP contribution in [0, 0.1) is 0 Å². The number of aryl methyl sites for hydroxylation is 1. The number of carbonyl (C=O) groups is 1. The zero-order chi connectivity index (χ0) is 20.1. The topological polar surface area (TPSA) is 71.9 Å². The largest absolute Gasteiger partial charge is 0.332 e. The lowest BCUT2D eigenvalue weighted by Crippen LogP contribution is -2.27. The summed E-state index contributed by atoms with van der Waals surface area (Å²) >= 11 is 0. The average Bonchev–Trinajstić information content (AvgIpc) is 3.01. The summed E-state index contributed by atoms with van der Waals surface area (Å²) in [7, 11) is 0. The number of nitrogens with one attached hydrogen (secondary N) is 1. The summed E-state index contributed by atoms with van der Waals surface area (Å²) in [5.41, 5.74) is 4.64. The van der Waals surface area contributed by atoms with Crippen LogP contribution < -0.4 is 11.2 Å². The van der Waals surface area contributed by atoms with Crippen molar-refractivity contribution in [1.82, 2.24) is 9.55 Å². The van der Waals surface area contributed by atoms with E-state index >= 15 is 0 Å². The third kappa shape index (κ3) is 3.24. The Hall–Kier alpha value is -3.21. The van der Waals surface area contributed by atoms with E-state index in [-0.39, 0.29) is 11.2 Å². The highest BCUT2D eigenvalue weighted by Gasteiger charge is 2.21. The zero-order valence-corrected chi connectivity index (χ0v) is 16.2. The fraction of sp³-hybridized carbons (Fsp3) is 0.261. The van der Waals surface area contributed by atoms with Gasteiger partial charge in [-0.15, -0.1) is 0 Å². The van der Waals surface area contributed by atoms with Crippen molar-refractivity contribution in [3.05, 3.63) is 86.2 Å². The predicted molar refractivity (Wildman–Crippen MR) is 109 cm³/mol. The minimum atomic E-state index is -0.468. The minimum absolute atomic E-state index is 0.122. The van der Waals surface area contributed by atoms with E-state index in [9.17, 15) is 14.4 Å². The molecule has 1 aliphatic rings. The average molecular weight is 374 g/mol. The maximum absolute atomic E-state index is 12.3. The predicted octanol–water partition coefficient (Wildman–Crippen LogP) is 3.62. The van der Waals surface area contributed by atoms with Crippen molar-refractivity contribution in [3.8, 4) is 16.8 Å². The Morgan fingerprint density at radius 3 is 2.39 bits per heavy atom. The Morgan fingerprint density at radius 2 is 1.68 bits per heavy atom. The molecule has 1 N–H and O–H groups in total. The molecule has 0 radical (unpaired) electrons. The van der Waals surface area contributed by atoms with E-state index in [2.05, 4.69) is 37.9 Å². The number of benzene rings is 2. The zero-order valence-electron chi connectivity index (χ0n) is 16.2. The van der Waals surface area contributed by atoms with Gasteiger partial charge in [0.2, 0.25) is 0 Å². The molecule has 0 bridgehead atoms. The molecule has 0 atom stereocenters. The van der Waals surface area contributed by atoms with Crippen molar-refractivity contribution >= 4 is 5.78 Å². The van der Waals surface area contributed by atoms with Gasteiger partial charge in [-0.25, -0.2) is 4.79 Å². The molecule has 5 heteroatoms. The minimum Gasteiger partial charge on any atom is -0.294 e. The monoisotopic (exact) mass is 374 g/mol. The molecule has 2 aromatic carbocycles. The molecule has 4 rings (SSSR count). The van der Waals surface area contributed by atoms with E-state index in [0.717, 1.165) is 34.2 Å².